The Hall–Kier alpha value is -1.78. The first-order valence-electron chi connectivity index (χ1n) is 3.75. The Labute approximate surface area is 76.3 Å². The molecule has 0 bridgehead atoms. The van der Waals surface area contributed by atoms with Gasteiger partial charge < -0.3 is 4.98 Å². The fourth-order valence-corrected chi connectivity index (χ4v) is 1.27. The van der Waals surface area contributed by atoms with Crippen molar-refractivity contribution in [1.29, 1.82) is 0 Å². The molecular weight excluding hydrogens is 195 g/mol. The molecule has 1 N–H and O–H groups in total. The van der Waals surface area contributed by atoms with Crippen LogP contribution >= 0.6 is 0 Å². The average molecular weight is 199 g/mol. The normalized spacial score (nSPS) is 10.8. The van der Waals surface area contributed by atoms with Gasteiger partial charge in [0.15, 0.2) is 17.9 Å². The van der Waals surface area contributed by atoms with Crippen LogP contribution in [0.15, 0.2) is 12.1 Å². The molecule has 1 heterocycles. The number of fused-ring (bicyclic) bond motifs is 1. The summed E-state index contributed by atoms with van der Waals surface area (Å²) in [4.78, 5) is 12.6. The summed E-state index contributed by atoms with van der Waals surface area (Å²) in [5.74, 6) is -3.37. The van der Waals surface area contributed by atoms with E-state index in [1.54, 1.807) is 0 Å². The summed E-state index contributed by atoms with van der Waals surface area (Å²) < 4.78 is 38.8. The Bertz CT molecular complexity index is 518. The van der Waals surface area contributed by atoms with Gasteiger partial charge >= 0.3 is 0 Å². The molecule has 0 atom stereocenters. The van der Waals surface area contributed by atoms with Crippen molar-refractivity contribution < 1.29 is 18.0 Å². The third kappa shape index (κ3) is 1.09. The van der Waals surface area contributed by atoms with Crippen molar-refractivity contribution in [3.63, 3.8) is 0 Å². The number of aromatic amines is 1. The second-order valence-corrected chi connectivity index (χ2v) is 2.79. The first-order valence-corrected chi connectivity index (χ1v) is 3.75. The van der Waals surface area contributed by atoms with Gasteiger partial charge in [-0.1, -0.05) is 0 Å². The molecule has 0 aliphatic carbocycles. The number of carbonyl (C=O) groups excluding carboxylic acids is 1. The Balaban J connectivity index is 2.90. The molecule has 0 saturated heterocycles. The molecule has 0 unspecified atom stereocenters. The van der Waals surface area contributed by atoms with E-state index < -0.39 is 17.5 Å². The van der Waals surface area contributed by atoms with Crippen molar-refractivity contribution in [2.45, 2.75) is 0 Å². The number of halogens is 3. The van der Waals surface area contributed by atoms with E-state index in [9.17, 15) is 18.0 Å². The average Bonchev–Trinajstić information content (AvgIpc) is 2.58. The first kappa shape index (κ1) is 8.80. The van der Waals surface area contributed by atoms with Crippen molar-refractivity contribution in [2.75, 3.05) is 0 Å². The lowest BCUT2D eigenvalue weighted by molar-refractivity contribution is 0.112. The predicted molar refractivity (Wildman–Crippen MR) is 43.6 cm³/mol. The lowest BCUT2D eigenvalue weighted by Gasteiger charge is -1.95. The molecule has 2 rings (SSSR count). The molecule has 0 aliphatic heterocycles. The number of aromatic nitrogens is 1. The molecule has 2 aromatic rings. The number of hydrogen-bond donors (Lipinski definition) is 1. The van der Waals surface area contributed by atoms with Gasteiger partial charge in [0.05, 0.1) is 11.2 Å². The highest BCUT2D eigenvalue weighted by molar-refractivity contribution is 5.88. The highest BCUT2D eigenvalue weighted by atomic mass is 19.2. The van der Waals surface area contributed by atoms with Crippen LogP contribution in [0.4, 0.5) is 13.2 Å². The number of carbonyl (C=O) groups is 1. The summed E-state index contributed by atoms with van der Waals surface area (Å²) in [7, 11) is 0. The maximum Gasteiger partial charge on any atom is 0.183 e. The smallest absolute Gasteiger partial charge is 0.183 e. The number of benzene rings is 1. The molecular formula is C9H4F3NO. The Morgan fingerprint density at radius 3 is 2.50 bits per heavy atom. The molecule has 1 aromatic heterocycles. The van der Waals surface area contributed by atoms with E-state index in [4.69, 9.17) is 0 Å². The van der Waals surface area contributed by atoms with Crippen molar-refractivity contribution >= 4 is 17.2 Å². The van der Waals surface area contributed by atoms with E-state index in [2.05, 4.69) is 4.98 Å². The number of hydrogen-bond acceptors (Lipinski definition) is 1. The zero-order chi connectivity index (χ0) is 10.3. The second kappa shape index (κ2) is 2.87. The highest BCUT2D eigenvalue weighted by Gasteiger charge is 2.14. The first-order chi connectivity index (χ1) is 6.63. The number of aldehydes is 1. The van der Waals surface area contributed by atoms with Gasteiger partial charge in [0, 0.05) is 11.5 Å². The summed E-state index contributed by atoms with van der Waals surface area (Å²) in [6.07, 6.45) is 0.400. The molecule has 0 spiro atoms. The van der Waals surface area contributed by atoms with Crippen LogP contribution in [0.1, 0.15) is 10.5 Å². The SMILES string of the molecule is O=Cc1cc2c(F)cc(F)c(F)c2[nH]1. The van der Waals surface area contributed by atoms with Gasteiger partial charge in [0.1, 0.15) is 5.82 Å². The van der Waals surface area contributed by atoms with Gasteiger partial charge in [-0.15, -0.1) is 0 Å². The Morgan fingerprint density at radius 1 is 1.14 bits per heavy atom. The zero-order valence-corrected chi connectivity index (χ0v) is 6.77. The molecule has 2 nitrogen and oxygen atoms in total. The van der Waals surface area contributed by atoms with E-state index in [-0.39, 0.29) is 16.6 Å². The van der Waals surface area contributed by atoms with Crippen LogP contribution in [0.25, 0.3) is 10.9 Å². The Morgan fingerprint density at radius 2 is 1.86 bits per heavy atom. The lowest BCUT2D eigenvalue weighted by atomic mass is 10.2. The minimum atomic E-state index is -1.28. The minimum Gasteiger partial charge on any atom is -0.350 e. The van der Waals surface area contributed by atoms with Crippen LogP contribution in [-0.4, -0.2) is 11.3 Å². The van der Waals surface area contributed by atoms with E-state index in [0.29, 0.717) is 12.4 Å². The van der Waals surface area contributed by atoms with Crippen molar-refractivity contribution in [3.8, 4) is 0 Å². The van der Waals surface area contributed by atoms with Gasteiger partial charge in [-0.05, 0) is 6.07 Å². The van der Waals surface area contributed by atoms with Gasteiger partial charge in [-0.3, -0.25) is 4.79 Å². The van der Waals surface area contributed by atoms with E-state index in [1.807, 2.05) is 0 Å². The van der Waals surface area contributed by atoms with Crippen LogP contribution in [0.2, 0.25) is 0 Å². The van der Waals surface area contributed by atoms with Gasteiger partial charge in [-0.2, -0.15) is 0 Å². The zero-order valence-electron chi connectivity index (χ0n) is 6.77. The van der Waals surface area contributed by atoms with Gasteiger partial charge in [-0.25, -0.2) is 13.2 Å². The number of nitrogens with one attached hydrogen (secondary N) is 1. The molecule has 14 heavy (non-hydrogen) atoms. The third-order valence-electron chi connectivity index (χ3n) is 1.91. The molecule has 0 radical (unpaired) electrons. The summed E-state index contributed by atoms with van der Waals surface area (Å²) in [6.45, 7) is 0. The molecule has 0 saturated carbocycles. The van der Waals surface area contributed by atoms with Gasteiger partial charge in [0.2, 0.25) is 0 Å². The fourth-order valence-electron chi connectivity index (χ4n) is 1.27. The van der Waals surface area contributed by atoms with Crippen LogP contribution in [-0.2, 0) is 0 Å². The summed E-state index contributed by atoms with van der Waals surface area (Å²) in [6, 6.07) is 1.57. The van der Waals surface area contributed by atoms with E-state index in [0.717, 1.165) is 6.07 Å². The largest absolute Gasteiger partial charge is 0.350 e. The number of rotatable bonds is 1. The maximum absolute atomic E-state index is 13.0. The van der Waals surface area contributed by atoms with Gasteiger partial charge in [0.25, 0.3) is 0 Å². The van der Waals surface area contributed by atoms with Crippen LogP contribution in [0.3, 0.4) is 0 Å². The van der Waals surface area contributed by atoms with Crippen LogP contribution in [0.5, 0.6) is 0 Å². The Kier molecular flexibility index (Phi) is 1.80. The van der Waals surface area contributed by atoms with E-state index >= 15 is 0 Å². The van der Waals surface area contributed by atoms with Crippen molar-refractivity contribution in [1.82, 2.24) is 4.98 Å². The molecule has 72 valence electrons. The molecule has 0 fully saturated rings. The van der Waals surface area contributed by atoms with Crippen molar-refractivity contribution in [2.24, 2.45) is 0 Å². The lowest BCUT2D eigenvalue weighted by Crippen LogP contribution is -1.88. The van der Waals surface area contributed by atoms with Crippen LogP contribution in [0, 0.1) is 17.5 Å². The quantitative estimate of drug-likeness (QED) is 0.555. The van der Waals surface area contributed by atoms with Crippen molar-refractivity contribution in [3.05, 3.63) is 35.3 Å². The summed E-state index contributed by atoms with van der Waals surface area (Å²) >= 11 is 0. The topological polar surface area (TPSA) is 32.9 Å². The maximum atomic E-state index is 13.0. The predicted octanol–water partition coefficient (Wildman–Crippen LogP) is 2.40. The standard InChI is InChI=1S/C9H4F3NO/c10-6-2-7(11)8(12)9-5(6)1-4(3-14)13-9/h1-3,13H. The second-order valence-electron chi connectivity index (χ2n) is 2.79. The van der Waals surface area contributed by atoms with Crippen LogP contribution < -0.4 is 0 Å². The summed E-state index contributed by atoms with van der Waals surface area (Å²) in [5, 5.41) is -0.133. The highest BCUT2D eigenvalue weighted by Crippen LogP contribution is 2.23. The molecule has 0 amide bonds. The molecule has 5 heteroatoms. The third-order valence-corrected chi connectivity index (χ3v) is 1.91. The fraction of sp³-hybridized carbons (Fsp3) is 0. The molecule has 0 aliphatic rings. The summed E-state index contributed by atoms with van der Waals surface area (Å²) in [5.41, 5.74) is -0.326. The monoisotopic (exact) mass is 199 g/mol. The van der Waals surface area contributed by atoms with E-state index in [1.165, 1.54) is 0 Å². The number of H-pyrrole nitrogens is 1. The minimum absolute atomic E-state index is 0.00315. The molecule has 1 aromatic carbocycles.